The van der Waals surface area contributed by atoms with E-state index in [0.717, 1.165) is 0 Å². The standard InChI is InChI=1S/C13H13ClFN3O/c1-2-11(10-5-6-17-13(16)18-10)19-12-4-3-8(15)7-9(12)14/h3-7,11H,2H2,1H3,(H2,16,17,18). The van der Waals surface area contributed by atoms with Crippen LogP contribution in [0.25, 0.3) is 0 Å². The van der Waals surface area contributed by atoms with E-state index < -0.39 is 5.82 Å². The van der Waals surface area contributed by atoms with Gasteiger partial charge in [0.25, 0.3) is 0 Å². The van der Waals surface area contributed by atoms with Crippen molar-refractivity contribution in [2.24, 2.45) is 0 Å². The fourth-order valence-electron chi connectivity index (χ4n) is 1.64. The van der Waals surface area contributed by atoms with Crippen molar-refractivity contribution in [3.05, 3.63) is 47.0 Å². The molecule has 0 radical (unpaired) electrons. The van der Waals surface area contributed by atoms with E-state index in [0.29, 0.717) is 17.9 Å². The summed E-state index contributed by atoms with van der Waals surface area (Å²) >= 11 is 5.93. The Labute approximate surface area is 115 Å². The van der Waals surface area contributed by atoms with Crippen LogP contribution in [-0.4, -0.2) is 9.97 Å². The van der Waals surface area contributed by atoms with Gasteiger partial charge in [0.15, 0.2) is 0 Å². The Morgan fingerprint density at radius 1 is 1.42 bits per heavy atom. The summed E-state index contributed by atoms with van der Waals surface area (Å²) in [6.07, 6.45) is 1.92. The van der Waals surface area contributed by atoms with Gasteiger partial charge in [-0.3, -0.25) is 0 Å². The van der Waals surface area contributed by atoms with Crippen molar-refractivity contribution < 1.29 is 9.13 Å². The summed E-state index contributed by atoms with van der Waals surface area (Å²) in [7, 11) is 0. The summed E-state index contributed by atoms with van der Waals surface area (Å²) < 4.78 is 18.7. The molecule has 0 aliphatic heterocycles. The second-order valence-electron chi connectivity index (χ2n) is 3.93. The molecule has 0 spiro atoms. The average molecular weight is 282 g/mol. The molecule has 2 aromatic rings. The minimum Gasteiger partial charge on any atom is -0.483 e. The highest BCUT2D eigenvalue weighted by atomic mass is 35.5. The number of hydrogen-bond donors (Lipinski definition) is 1. The van der Waals surface area contributed by atoms with Gasteiger partial charge in [0.05, 0.1) is 10.7 Å². The monoisotopic (exact) mass is 281 g/mol. The summed E-state index contributed by atoms with van der Waals surface area (Å²) in [5.74, 6) is 0.188. The van der Waals surface area contributed by atoms with Gasteiger partial charge in [-0.05, 0) is 30.7 Å². The van der Waals surface area contributed by atoms with Gasteiger partial charge in [0, 0.05) is 6.20 Å². The second kappa shape index (κ2) is 5.84. The molecule has 0 saturated heterocycles. The lowest BCUT2D eigenvalue weighted by Gasteiger charge is -2.18. The normalized spacial score (nSPS) is 12.2. The average Bonchev–Trinajstić information content (AvgIpc) is 2.38. The molecule has 1 atom stereocenters. The number of nitrogens with zero attached hydrogens (tertiary/aromatic N) is 2. The maximum absolute atomic E-state index is 13.0. The van der Waals surface area contributed by atoms with Crippen LogP contribution in [0.5, 0.6) is 5.75 Å². The van der Waals surface area contributed by atoms with Crippen LogP contribution in [0.3, 0.4) is 0 Å². The van der Waals surface area contributed by atoms with Crippen LogP contribution in [0.4, 0.5) is 10.3 Å². The fraction of sp³-hybridized carbons (Fsp3) is 0.231. The number of benzene rings is 1. The van der Waals surface area contributed by atoms with Gasteiger partial charge in [-0.1, -0.05) is 18.5 Å². The Bertz CT molecular complexity index is 580. The predicted molar refractivity (Wildman–Crippen MR) is 71.5 cm³/mol. The van der Waals surface area contributed by atoms with Crippen molar-refractivity contribution >= 4 is 17.5 Å². The van der Waals surface area contributed by atoms with Crippen LogP contribution in [-0.2, 0) is 0 Å². The van der Waals surface area contributed by atoms with Crippen LogP contribution in [0, 0.1) is 5.82 Å². The molecule has 1 heterocycles. The van der Waals surface area contributed by atoms with Crippen molar-refractivity contribution in [1.82, 2.24) is 9.97 Å². The minimum atomic E-state index is -0.406. The molecule has 6 heteroatoms. The summed E-state index contributed by atoms with van der Waals surface area (Å²) in [6.45, 7) is 1.94. The third-order valence-electron chi connectivity index (χ3n) is 2.56. The molecular weight excluding hydrogens is 269 g/mol. The number of hydrogen-bond acceptors (Lipinski definition) is 4. The predicted octanol–water partition coefficient (Wildman–Crippen LogP) is 3.38. The van der Waals surface area contributed by atoms with Crippen molar-refractivity contribution in [2.75, 3.05) is 5.73 Å². The fourth-order valence-corrected chi connectivity index (χ4v) is 1.86. The zero-order valence-corrected chi connectivity index (χ0v) is 11.1. The zero-order valence-electron chi connectivity index (χ0n) is 10.3. The largest absolute Gasteiger partial charge is 0.483 e. The van der Waals surface area contributed by atoms with Gasteiger partial charge in [0.2, 0.25) is 5.95 Å². The smallest absolute Gasteiger partial charge is 0.220 e. The molecule has 19 heavy (non-hydrogen) atoms. The van der Waals surface area contributed by atoms with E-state index in [2.05, 4.69) is 9.97 Å². The highest BCUT2D eigenvalue weighted by molar-refractivity contribution is 6.32. The minimum absolute atomic E-state index is 0.185. The van der Waals surface area contributed by atoms with E-state index in [1.54, 1.807) is 12.3 Å². The van der Waals surface area contributed by atoms with Crippen molar-refractivity contribution in [2.45, 2.75) is 19.4 Å². The Balaban J connectivity index is 2.24. The van der Waals surface area contributed by atoms with Crippen LogP contribution >= 0.6 is 11.6 Å². The molecule has 0 saturated carbocycles. The molecule has 0 fully saturated rings. The molecular formula is C13H13ClFN3O. The number of ether oxygens (including phenoxy) is 1. The maximum atomic E-state index is 13.0. The summed E-state index contributed by atoms with van der Waals surface area (Å²) in [5.41, 5.74) is 6.20. The van der Waals surface area contributed by atoms with Gasteiger partial charge >= 0.3 is 0 Å². The van der Waals surface area contributed by atoms with Crippen molar-refractivity contribution in [3.8, 4) is 5.75 Å². The Morgan fingerprint density at radius 2 is 2.21 bits per heavy atom. The molecule has 2 N–H and O–H groups in total. The lowest BCUT2D eigenvalue weighted by atomic mass is 10.2. The maximum Gasteiger partial charge on any atom is 0.220 e. The number of rotatable bonds is 4. The summed E-state index contributed by atoms with van der Waals surface area (Å²) in [6, 6.07) is 5.72. The van der Waals surface area contributed by atoms with E-state index in [9.17, 15) is 4.39 Å². The van der Waals surface area contributed by atoms with Crippen molar-refractivity contribution in [3.63, 3.8) is 0 Å². The topological polar surface area (TPSA) is 61.0 Å². The highest BCUT2D eigenvalue weighted by Gasteiger charge is 2.15. The van der Waals surface area contributed by atoms with Gasteiger partial charge in [-0.2, -0.15) is 0 Å². The third-order valence-corrected chi connectivity index (χ3v) is 2.85. The molecule has 0 amide bonds. The summed E-state index contributed by atoms with van der Waals surface area (Å²) in [4.78, 5) is 7.94. The first-order chi connectivity index (χ1) is 9.10. The Morgan fingerprint density at radius 3 is 2.84 bits per heavy atom. The number of halogens is 2. The van der Waals surface area contributed by atoms with E-state index in [1.165, 1.54) is 18.2 Å². The van der Waals surface area contributed by atoms with E-state index >= 15 is 0 Å². The molecule has 2 rings (SSSR count). The van der Waals surface area contributed by atoms with Crippen LogP contribution in [0.1, 0.15) is 25.1 Å². The Hall–Kier alpha value is -1.88. The first-order valence-electron chi connectivity index (χ1n) is 5.80. The molecule has 0 aliphatic rings. The molecule has 0 bridgehead atoms. The van der Waals surface area contributed by atoms with Crippen LogP contribution in [0.2, 0.25) is 5.02 Å². The van der Waals surface area contributed by atoms with Crippen LogP contribution in [0.15, 0.2) is 30.5 Å². The molecule has 1 unspecified atom stereocenters. The number of anilines is 1. The van der Waals surface area contributed by atoms with Crippen LogP contribution < -0.4 is 10.5 Å². The molecule has 1 aromatic heterocycles. The van der Waals surface area contributed by atoms with E-state index in [4.69, 9.17) is 22.1 Å². The van der Waals surface area contributed by atoms with Gasteiger partial charge in [0.1, 0.15) is 17.7 Å². The van der Waals surface area contributed by atoms with Gasteiger partial charge in [-0.25, -0.2) is 14.4 Å². The van der Waals surface area contributed by atoms with Gasteiger partial charge in [-0.15, -0.1) is 0 Å². The second-order valence-corrected chi connectivity index (χ2v) is 4.34. The molecule has 100 valence electrons. The number of aromatic nitrogens is 2. The quantitative estimate of drug-likeness (QED) is 0.933. The molecule has 0 aliphatic carbocycles. The SMILES string of the molecule is CCC(Oc1ccc(F)cc1Cl)c1ccnc(N)n1. The number of nitrogens with two attached hydrogens (primary N) is 1. The third kappa shape index (κ3) is 3.32. The van der Waals surface area contributed by atoms with Crippen molar-refractivity contribution in [1.29, 1.82) is 0 Å². The van der Waals surface area contributed by atoms with E-state index in [1.807, 2.05) is 6.92 Å². The van der Waals surface area contributed by atoms with Gasteiger partial charge < -0.3 is 10.5 Å². The Kier molecular flexibility index (Phi) is 4.16. The van der Waals surface area contributed by atoms with E-state index in [-0.39, 0.29) is 17.1 Å². The first kappa shape index (κ1) is 13.5. The molecule has 4 nitrogen and oxygen atoms in total. The number of nitrogen functional groups attached to an aromatic ring is 1. The lowest BCUT2D eigenvalue weighted by molar-refractivity contribution is 0.196. The molecule has 1 aromatic carbocycles. The first-order valence-corrected chi connectivity index (χ1v) is 6.18. The zero-order chi connectivity index (χ0) is 13.8. The highest BCUT2D eigenvalue weighted by Crippen LogP contribution is 2.30. The summed E-state index contributed by atoms with van der Waals surface area (Å²) in [5, 5.41) is 0.223. The lowest BCUT2D eigenvalue weighted by Crippen LogP contribution is -2.10.